The molecule has 6 heteroatoms. The van der Waals surface area contributed by atoms with Gasteiger partial charge in [0.05, 0.1) is 6.42 Å². The van der Waals surface area contributed by atoms with Crippen LogP contribution in [0.5, 0.6) is 11.5 Å². The van der Waals surface area contributed by atoms with E-state index in [0.717, 1.165) is 5.56 Å². The number of carbonyl (C=O) groups is 2. The molecule has 0 aliphatic carbocycles. The van der Waals surface area contributed by atoms with Crippen LogP contribution in [0.3, 0.4) is 0 Å². The minimum absolute atomic E-state index is 0.167. The van der Waals surface area contributed by atoms with E-state index in [-0.39, 0.29) is 30.5 Å². The molecule has 0 radical (unpaired) electrons. The van der Waals surface area contributed by atoms with Crippen LogP contribution in [0, 0.1) is 5.41 Å². The van der Waals surface area contributed by atoms with Crippen LogP contribution in [0.4, 0.5) is 0 Å². The van der Waals surface area contributed by atoms with Gasteiger partial charge in [0.25, 0.3) is 5.91 Å². The zero-order valence-electron chi connectivity index (χ0n) is 14.0. The molecule has 1 aliphatic heterocycles. The number of hydrogen-bond donors (Lipinski definition) is 1. The summed E-state index contributed by atoms with van der Waals surface area (Å²) in [4.78, 5) is 23.8. The maximum atomic E-state index is 12.0. The average molecular weight is 321 g/mol. The summed E-state index contributed by atoms with van der Waals surface area (Å²) < 4.78 is 15.7. The second kappa shape index (κ2) is 6.89. The van der Waals surface area contributed by atoms with Crippen molar-refractivity contribution in [2.75, 3.05) is 6.79 Å². The zero-order valence-corrected chi connectivity index (χ0v) is 14.0. The van der Waals surface area contributed by atoms with Crippen LogP contribution in [-0.4, -0.2) is 24.8 Å². The molecule has 1 atom stereocenters. The Morgan fingerprint density at radius 1 is 1.26 bits per heavy atom. The predicted molar refractivity (Wildman–Crippen MR) is 84.0 cm³/mol. The molecule has 0 bridgehead atoms. The molecule has 1 N–H and O–H groups in total. The summed E-state index contributed by atoms with van der Waals surface area (Å²) in [6.07, 6.45) is -0.550. The molecular weight excluding hydrogens is 298 g/mol. The lowest BCUT2D eigenvalue weighted by molar-refractivity contribution is -0.156. The number of carbonyl (C=O) groups excluding carboxylic acids is 2. The summed E-state index contributed by atoms with van der Waals surface area (Å²) in [7, 11) is 0. The van der Waals surface area contributed by atoms with E-state index in [1.807, 2.05) is 32.9 Å². The van der Waals surface area contributed by atoms with Crippen molar-refractivity contribution in [3.05, 3.63) is 23.8 Å². The summed E-state index contributed by atoms with van der Waals surface area (Å²) in [6, 6.07) is 5.47. The summed E-state index contributed by atoms with van der Waals surface area (Å²) in [5.41, 5.74) is 0.718. The minimum Gasteiger partial charge on any atom is -0.454 e. The quantitative estimate of drug-likeness (QED) is 0.843. The zero-order chi connectivity index (χ0) is 17.0. The first-order valence-electron chi connectivity index (χ1n) is 7.60. The van der Waals surface area contributed by atoms with Gasteiger partial charge in [0.15, 0.2) is 17.6 Å². The molecule has 2 rings (SSSR count). The van der Waals surface area contributed by atoms with E-state index in [1.165, 1.54) is 0 Å². The van der Waals surface area contributed by atoms with Crippen molar-refractivity contribution in [2.45, 2.75) is 46.8 Å². The van der Waals surface area contributed by atoms with Crippen LogP contribution < -0.4 is 14.8 Å². The van der Waals surface area contributed by atoms with Crippen LogP contribution >= 0.6 is 0 Å². The third kappa shape index (κ3) is 5.16. The van der Waals surface area contributed by atoms with Gasteiger partial charge in [-0.25, -0.2) is 0 Å². The molecule has 0 aromatic heterocycles. The molecule has 1 heterocycles. The van der Waals surface area contributed by atoms with E-state index >= 15 is 0 Å². The van der Waals surface area contributed by atoms with Gasteiger partial charge in [-0.15, -0.1) is 0 Å². The van der Waals surface area contributed by atoms with Gasteiger partial charge < -0.3 is 19.5 Å². The van der Waals surface area contributed by atoms with E-state index in [0.29, 0.717) is 18.0 Å². The maximum absolute atomic E-state index is 12.0. The monoisotopic (exact) mass is 321 g/mol. The molecule has 1 aromatic carbocycles. The summed E-state index contributed by atoms with van der Waals surface area (Å²) in [5.74, 6) is 0.666. The SMILES string of the molecule is C[C@H](OC(=O)CC(C)(C)C)C(=O)NCc1ccc2c(c1)OCO2. The Hall–Kier alpha value is -2.24. The predicted octanol–water partition coefficient (Wildman–Crippen LogP) is 2.40. The maximum Gasteiger partial charge on any atom is 0.307 e. The standard InChI is InChI=1S/C17H23NO5/c1-11(23-15(19)8-17(2,3)4)16(20)18-9-12-5-6-13-14(7-12)22-10-21-13/h5-7,11H,8-10H2,1-4H3,(H,18,20)/t11-/m0/s1. The molecular formula is C17H23NO5. The molecule has 23 heavy (non-hydrogen) atoms. The first-order chi connectivity index (χ1) is 10.7. The van der Waals surface area contributed by atoms with Crippen LogP contribution in [-0.2, 0) is 20.9 Å². The van der Waals surface area contributed by atoms with Crippen molar-refractivity contribution in [3.8, 4) is 11.5 Å². The van der Waals surface area contributed by atoms with Crippen molar-refractivity contribution >= 4 is 11.9 Å². The van der Waals surface area contributed by atoms with Gasteiger partial charge in [0.2, 0.25) is 6.79 Å². The van der Waals surface area contributed by atoms with Gasteiger partial charge in [-0.05, 0) is 30.0 Å². The summed E-state index contributed by atoms with van der Waals surface area (Å²) in [6.45, 7) is 7.94. The van der Waals surface area contributed by atoms with Crippen molar-refractivity contribution in [1.82, 2.24) is 5.32 Å². The van der Waals surface area contributed by atoms with Gasteiger partial charge in [-0.1, -0.05) is 26.8 Å². The van der Waals surface area contributed by atoms with E-state index < -0.39 is 6.10 Å². The van der Waals surface area contributed by atoms with Crippen molar-refractivity contribution < 1.29 is 23.8 Å². The molecule has 1 amide bonds. The molecule has 0 fully saturated rings. The number of fused-ring (bicyclic) bond motifs is 1. The highest BCUT2D eigenvalue weighted by Gasteiger charge is 2.22. The highest BCUT2D eigenvalue weighted by Crippen LogP contribution is 2.32. The second-order valence-electron chi connectivity index (χ2n) is 6.77. The Balaban J connectivity index is 1.81. The summed E-state index contributed by atoms with van der Waals surface area (Å²) in [5, 5.41) is 2.75. The number of hydrogen-bond acceptors (Lipinski definition) is 5. The van der Waals surface area contributed by atoms with Crippen LogP contribution in [0.1, 0.15) is 39.7 Å². The van der Waals surface area contributed by atoms with Crippen molar-refractivity contribution in [2.24, 2.45) is 5.41 Å². The van der Waals surface area contributed by atoms with E-state index in [9.17, 15) is 9.59 Å². The number of esters is 1. The molecule has 0 saturated carbocycles. The lowest BCUT2D eigenvalue weighted by atomic mass is 9.92. The largest absolute Gasteiger partial charge is 0.454 e. The highest BCUT2D eigenvalue weighted by atomic mass is 16.7. The highest BCUT2D eigenvalue weighted by molar-refractivity contribution is 5.83. The van der Waals surface area contributed by atoms with Crippen LogP contribution in [0.15, 0.2) is 18.2 Å². The first-order valence-corrected chi connectivity index (χ1v) is 7.60. The summed E-state index contributed by atoms with van der Waals surface area (Å²) >= 11 is 0. The number of amides is 1. The van der Waals surface area contributed by atoms with Crippen molar-refractivity contribution in [3.63, 3.8) is 0 Å². The molecule has 0 saturated heterocycles. The van der Waals surface area contributed by atoms with Gasteiger partial charge in [0.1, 0.15) is 0 Å². The third-order valence-corrected chi connectivity index (χ3v) is 3.26. The number of rotatable bonds is 5. The van der Waals surface area contributed by atoms with Crippen LogP contribution in [0.25, 0.3) is 0 Å². The van der Waals surface area contributed by atoms with E-state index in [2.05, 4.69) is 5.32 Å². The Morgan fingerprint density at radius 3 is 2.65 bits per heavy atom. The van der Waals surface area contributed by atoms with E-state index in [1.54, 1.807) is 13.0 Å². The molecule has 126 valence electrons. The lowest BCUT2D eigenvalue weighted by Gasteiger charge is -2.19. The van der Waals surface area contributed by atoms with Gasteiger partial charge in [-0.3, -0.25) is 9.59 Å². The topological polar surface area (TPSA) is 73.9 Å². The molecule has 1 aromatic rings. The van der Waals surface area contributed by atoms with Gasteiger partial charge in [-0.2, -0.15) is 0 Å². The third-order valence-electron chi connectivity index (χ3n) is 3.26. The van der Waals surface area contributed by atoms with Crippen LogP contribution in [0.2, 0.25) is 0 Å². The second-order valence-corrected chi connectivity index (χ2v) is 6.77. The average Bonchev–Trinajstić information content (AvgIpc) is 2.89. The fourth-order valence-corrected chi connectivity index (χ4v) is 2.11. The Kier molecular flexibility index (Phi) is 5.13. The normalized spacial score (nSPS) is 14.3. The molecule has 1 aliphatic rings. The smallest absolute Gasteiger partial charge is 0.307 e. The van der Waals surface area contributed by atoms with Gasteiger partial charge >= 0.3 is 5.97 Å². The lowest BCUT2D eigenvalue weighted by Crippen LogP contribution is -2.36. The molecule has 6 nitrogen and oxygen atoms in total. The minimum atomic E-state index is -0.820. The Labute approximate surface area is 136 Å². The molecule has 0 unspecified atom stereocenters. The molecule has 0 spiro atoms. The fourth-order valence-electron chi connectivity index (χ4n) is 2.11. The Bertz CT molecular complexity index is 591. The Morgan fingerprint density at radius 2 is 1.96 bits per heavy atom. The van der Waals surface area contributed by atoms with Gasteiger partial charge in [0, 0.05) is 6.54 Å². The first kappa shape index (κ1) is 17.1. The fraction of sp³-hybridized carbons (Fsp3) is 0.529. The van der Waals surface area contributed by atoms with E-state index in [4.69, 9.17) is 14.2 Å². The number of ether oxygens (including phenoxy) is 3. The van der Waals surface area contributed by atoms with Crippen molar-refractivity contribution in [1.29, 1.82) is 0 Å². The number of benzene rings is 1. The number of nitrogens with one attached hydrogen (secondary N) is 1.